The topological polar surface area (TPSA) is 75.9 Å². The van der Waals surface area contributed by atoms with Crippen molar-refractivity contribution >= 4 is 23.2 Å². The highest BCUT2D eigenvalue weighted by atomic mass is 35.5. The summed E-state index contributed by atoms with van der Waals surface area (Å²) in [4.78, 5) is 23.0. The lowest BCUT2D eigenvalue weighted by Gasteiger charge is -2.15. The number of carbonyl (C=O) groups is 1. The van der Waals surface area contributed by atoms with Crippen LogP contribution in [0.5, 0.6) is 0 Å². The molecule has 0 aliphatic rings. The van der Waals surface area contributed by atoms with Gasteiger partial charge in [0.25, 0.3) is 5.91 Å². The summed E-state index contributed by atoms with van der Waals surface area (Å²) in [6.45, 7) is 2.53. The molecule has 0 atom stereocenters. The summed E-state index contributed by atoms with van der Waals surface area (Å²) < 4.78 is 1.60. The molecule has 134 valence electrons. The van der Waals surface area contributed by atoms with E-state index in [1.54, 1.807) is 29.1 Å². The third-order valence-corrected chi connectivity index (χ3v) is 3.84. The van der Waals surface area contributed by atoms with Gasteiger partial charge in [0, 0.05) is 35.7 Å². The normalized spacial score (nSPS) is 11.0. The van der Waals surface area contributed by atoms with Crippen molar-refractivity contribution in [3.05, 3.63) is 64.8 Å². The maximum Gasteiger partial charge on any atom is 0.293 e. The van der Waals surface area contributed by atoms with Gasteiger partial charge < -0.3 is 10.2 Å². The Labute approximate surface area is 156 Å². The number of amides is 1. The fourth-order valence-electron chi connectivity index (χ4n) is 2.46. The zero-order chi connectivity index (χ0) is 18.7. The molecule has 7 nitrogen and oxygen atoms in total. The molecule has 0 saturated heterocycles. The summed E-state index contributed by atoms with van der Waals surface area (Å²) in [5.74, 6) is 0.210. The highest BCUT2D eigenvalue weighted by Gasteiger charge is 2.14. The number of aryl methyl sites for hydroxylation is 1. The lowest BCUT2D eigenvalue weighted by molar-refractivity contribution is 0.101. The number of carbonyl (C=O) groups excluding carboxylic acids is 1. The minimum absolute atomic E-state index is 0.0707. The van der Waals surface area contributed by atoms with E-state index in [9.17, 15) is 4.79 Å². The SMILES string of the molecule is Cc1ccn(-c2ccnc(C(=O)Nc3ccc(Cl)cc3CN(C)C)n2)n1. The molecule has 2 aromatic heterocycles. The number of rotatable bonds is 5. The van der Waals surface area contributed by atoms with E-state index in [1.165, 1.54) is 6.20 Å². The van der Waals surface area contributed by atoms with Gasteiger partial charge in [0.1, 0.15) is 0 Å². The van der Waals surface area contributed by atoms with Crippen molar-refractivity contribution < 1.29 is 4.79 Å². The first-order valence-electron chi connectivity index (χ1n) is 8.02. The van der Waals surface area contributed by atoms with E-state index in [0.29, 0.717) is 23.1 Å². The van der Waals surface area contributed by atoms with Crippen LogP contribution in [-0.2, 0) is 6.54 Å². The summed E-state index contributed by atoms with van der Waals surface area (Å²) >= 11 is 6.08. The van der Waals surface area contributed by atoms with Gasteiger partial charge in [-0.25, -0.2) is 14.6 Å². The highest BCUT2D eigenvalue weighted by Crippen LogP contribution is 2.22. The van der Waals surface area contributed by atoms with E-state index >= 15 is 0 Å². The fraction of sp³-hybridized carbons (Fsp3) is 0.222. The van der Waals surface area contributed by atoms with Crippen LogP contribution < -0.4 is 5.32 Å². The number of halogens is 1. The van der Waals surface area contributed by atoms with Crippen molar-refractivity contribution in [3.8, 4) is 5.82 Å². The van der Waals surface area contributed by atoms with Gasteiger partial charge in [0.2, 0.25) is 5.82 Å². The molecule has 8 heteroatoms. The van der Waals surface area contributed by atoms with Crippen LogP contribution in [0.3, 0.4) is 0 Å². The second-order valence-corrected chi connectivity index (χ2v) is 6.57. The lowest BCUT2D eigenvalue weighted by Crippen LogP contribution is -2.19. The number of nitrogens with zero attached hydrogens (tertiary/aromatic N) is 5. The molecule has 3 rings (SSSR count). The van der Waals surface area contributed by atoms with Crippen LogP contribution in [0.4, 0.5) is 5.69 Å². The van der Waals surface area contributed by atoms with Crippen LogP contribution in [0.25, 0.3) is 5.82 Å². The van der Waals surface area contributed by atoms with Crippen molar-refractivity contribution in [1.29, 1.82) is 0 Å². The highest BCUT2D eigenvalue weighted by molar-refractivity contribution is 6.30. The predicted octanol–water partition coefficient (Wildman–Crippen LogP) is 2.94. The Balaban J connectivity index is 1.85. The van der Waals surface area contributed by atoms with Crippen molar-refractivity contribution in [1.82, 2.24) is 24.6 Å². The van der Waals surface area contributed by atoms with Crippen LogP contribution in [0.1, 0.15) is 21.9 Å². The third kappa shape index (κ3) is 4.25. The Morgan fingerprint density at radius 2 is 2.08 bits per heavy atom. The van der Waals surface area contributed by atoms with Gasteiger partial charge in [0.05, 0.1) is 5.69 Å². The quantitative estimate of drug-likeness (QED) is 0.747. The van der Waals surface area contributed by atoms with E-state index in [2.05, 4.69) is 20.4 Å². The molecule has 0 bridgehead atoms. The molecule has 0 aliphatic carbocycles. The summed E-state index contributed by atoms with van der Waals surface area (Å²) in [6, 6.07) is 8.91. The first-order chi connectivity index (χ1) is 12.4. The molecule has 0 radical (unpaired) electrons. The molecule has 0 saturated carbocycles. The molecule has 1 amide bonds. The zero-order valence-corrected chi connectivity index (χ0v) is 15.5. The second kappa shape index (κ2) is 7.63. The minimum atomic E-state index is -0.391. The molecule has 0 aliphatic heterocycles. The van der Waals surface area contributed by atoms with Gasteiger partial charge in [-0.2, -0.15) is 5.10 Å². The predicted molar refractivity (Wildman–Crippen MR) is 101 cm³/mol. The van der Waals surface area contributed by atoms with E-state index in [0.717, 1.165) is 11.3 Å². The van der Waals surface area contributed by atoms with Gasteiger partial charge in [0.15, 0.2) is 5.82 Å². The summed E-state index contributed by atoms with van der Waals surface area (Å²) in [5, 5.41) is 7.78. The lowest BCUT2D eigenvalue weighted by atomic mass is 10.1. The molecule has 0 spiro atoms. The molecular weight excluding hydrogens is 352 g/mol. The van der Waals surface area contributed by atoms with Crippen LogP contribution in [-0.4, -0.2) is 44.7 Å². The molecule has 26 heavy (non-hydrogen) atoms. The van der Waals surface area contributed by atoms with Crippen molar-refractivity contribution in [3.63, 3.8) is 0 Å². The van der Waals surface area contributed by atoms with E-state index in [-0.39, 0.29) is 5.82 Å². The number of nitrogens with one attached hydrogen (secondary N) is 1. The number of aromatic nitrogens is 4. The van der Waals surface area contributed by atoms with E-state index in [4.69, 9.17) is 11.6 Å². The maximum absolute atomic E-state index is 12.6. The molecule has 1 N–H and O–H groups in total. The average molecular weight is 371 g/mol. The maximum atomic E-state index is 12.6. The second-order valence-electron chi connectivity index (χ2n) is 6.13. The summed E-state index contributed by atoms with van der Waals surface area (Å²) in [5.41, 5.74) is 2.45. The Morgan fingerprint density at radius 3 is 2.77 bits per heavy atom. The number of benzene rings is 1. The van der Waals surface area contributed by atoms with Gasteiger partial charge in [-0.15, -0.1) is 0 Å². The molecule has 3 aromatic rings. The Hall–Kier alpha value is -2.77. The third-order valence-electron chi connectivity index (χ3n) is 3.60. The first-order valence-corrected chi connectivity index (χ1v) is 8.40. The largest absolute Gasteiger partial charge is 0.319 e. The fourth-order valence-corrected chi connectivity index (χ4v) is 2.66. The zero-order valence-electron chi connectivity index (χ0n) is 14.8. The van der Waals surface area contributed by atoms with Crippen molar-refractivity contribution in [2.75, 3.05) is 19.4 Å². The smallest absolute Gasteiger partial charge is 0.293 e. The van der Waals surface area contributed by atoms with Gasteiger partial charge >= 0.3 is 0 Å². The summed E-state index contributed by atoms with van der Waals surface area (Å²) in [7, 11) is 3.90. The minimum Gasteiger partial charge on any atom is -0.319 e. The van der Waals surface area contributed by atoms with Crippen LogP contribution >= 0.6 is 11.6 Å². The van der Waals surface area contributed by atoms with Crippen LogP contribution in [0.15, 0.2) is 42.7 Å². The van der Waals surface area contributed by atoms with Crippen molar-refractivity contribution in [2.24, 2.45) is 0 Å². The van der Waals surface area contributed by atoms with Crippen molar-refractivity contribution in [2.45, 2.75) is 13.5 Å². The molecular formula is C18H19ClN6O. The van der Waals surface area contributed by atoms with Gasteiger partial charge in [-0.1, -0.05) is 11.6 Å². The molecule has 0 unspecified atom stereocenters. The standard InChI is InChI=1S/C18H19ClN6O/c1-12-7-9-25(23-12)16-6-8-20-17(22-16)18(26)21-15-5-4-14(19)10-13(15)11-24(2)3/h4-10H,11H2,1-3H3,(H,21,26). The Bertz CT molecular complexity index is 937. The van der Waals surface area contributed by atoms with Crippen LogP contribution in [0, 0.1) is 6.92 Å². The van der Waals surface area contributed by atoms with Gasteiger partial charge in [-0.3, -0.25) is 4.79 Å². The number of hydrogen-bond acceptors (Lipinski definition) is 5. The van der Waals surface area contributed by atoms with E-state index in [1.807, 2.05) is 38.1 Å². The van der Waals surface area contributed by atoms with Crippen LogP contribution in [0.2, 0.25) is 5.02 Å². The molecule has 1 aromatic carbocycles. The van der Waals surface area contributed by atoms with E-state index < -0.39 is 5.91 Å². The Kier molecular flexibility index (Phi) is 5.29. The Morgan fingerprint density at radius 1 is 1.27 bits per heavy atom. The number of hydrogen-bond donors (Lipinski definition) is 1. The molecule has 2 heterocycles. The monoisotopic (exact) mass is 370 g/mol. The number of anilines is 1. The first kappa shape index (κ1) is 18.0. The molecule has 0 fully saturated rings. The summed E-state index contributed by atoms with van der Waals surface area (Å²) in [6.07, 6.45) is 3.32. The average Bonchev–Trinajstić information content (AvgIpc) is 3.03. The van der Waals surface area contributed by atoms with Gasteiger partial charge in [-0.05, 0) is 50.8 Å².